The molecule has 0 spiro atoms. The van der Waals surface area contributed by atoms with Crippen LogP contribution in [0.15, 0.2) is 34.9 Å². The lowest BCUT2D eigenvalue weighted by Gasteiger charge is -2.23. The molecule has 0 atom stereocenters. The summed E-state index contributed by atoms with van der Waals surface area (Å²) in [5, 5.41) is 9.39. The zero-order valence-corrected chi connectivity index (χ0v) is 8.81. The number of nitrogens with two attached hydrogens (primary N) is 1. The molecule has 0 radical (unpaired) electrons. The first kappa shape index (κ1) is 10.7. The molecule has 0 saturated carbocycles. The summed E-state index contributed by atoms with van der Waals surface area (Å²) >= 11 is 0. The van der Waals surface area contributed by atoms with Crippen molar-refractivity contribution in [3.8, 4) is 0 Å². The Kier molecular flexibility index (Phi) is 2.21. The van der Waals surface area contributed by atoms with Gasteiger partial charge in [0.2, 0.25) is 0 Å². The molecule has 84 valence electrons. The van der Waals surface area contributed by atoms with Gasteiger partial charge in [0.05, 0.1) is 4.90 Å². The Labute approximate surface area is 91.6 Å². The standard InChI is InChI=1S/C9H8N2O4S/c10-9(12)7-5-6-3-1-2-4-8(6)16(14,15)11(7)13/h1-5,13H,(H2,10,12). The van der Waals surface area contributed by atoms with E-state index in [4.69, 9.17) is 5.73 Å². The van der Waals surface area contributed by atoms with Crippen molar-refractivity contribution in [1.82, 2.24) is 4.47 Å². The molecule has 1 aromatic carbocycles. The first-order valence-electron chi connectivity index (χ1n) is 4.29. The number of nitrogens with zero attached hydrogens (tertiary/aromatic N) is 1. The maximum absolute atomic E-state index is 11.7. The van der Waals surface area contributed by atoms with E-state index in [0.717, 1.165) is 0 Å². The first-order valence-corrected chi connectivity index (χ1v) is 5.73. The molecule has 1 aliphatic rings. The number of carbonyl (C=O) groups is 1. The number of primary amides is 1. The molecular weight excluding hydrogens is 232 g/mol. The Morgan fingerprint density at radius 2 is 1.94 bits per heavy atom. The molecular formula is C9H8N2O4S. The van der Waals surface area contributed by atoms with Crippen LogP contribution in [0.25, 0.3) is 6.08 Å². The van der Waals surface area contributed by atoms with E-state index in [1.807, 2.05) is 0 Å². The third-order valence-electron chi connectivity index (χ3n) is 2.18. The molecule has 16 heavy (non-hydrogen) atoms. The van der Waals surface area contributed by atoms with Gasteiger partial charge in [-0.05, 0) is 17.7 Å². The molecule has 7 heteroatoms. The average molecular weight is 240 g/mol. The number of carbonyl (C=O) groups excluding carboxylic acids is 1. The highest BCUT2D eigenvalue weighted by molar-refractivity contribution is 7.89. The van der Waals surface area contributed by atoms with Crippen molar-refractivity contribution < 1.29 is 18.4 Å². The molecule has 0 aliphatic carbocycles. The van der Waals surface area contributed by atoms with Crippen molar-refractivity contribution in [2.45, 2.75) is 4.90 Å². The monoisotopic (exact) mass is 240 g/mol. The fraction of sp³-hybridized carbons (Fsp3) is 0. The van der Waals surface area contributed by atoms with Gasteiger partial charge in [0, 0.05) is 0 Å². The third kappa shape index (κ3) is 1.37. The molecule has 0 fully saturated rings. The molecule has 0 aromatic heterocycles. The second-order valence-electron chi connectivity index (χ2n) is 3.18. The van der Waals surface area contributed by atoms with E-state index in [2.05, 4.69) is 0 Å². The van der Waals surface area contributed by atoms with E-state index < -0.39 is 21.6 Å². The van der Waals surface area contributed by atoms with Crippen LogP contribution >= 0.6 is 0 Å². The molecule has 1 heterocycles. The second-order valence-corrected chi connectivity index (χ2v) is 4.92. The van der Waals surface area contributed by atoms with Gasteiger partial charge >= 0.3 is 0 Å². The van der Waals surface area contributed by atoms with Gasteiger partial charge in [-0.1, -0.05) is 18.2 Å². The van der Waals surface area contributed by atoms with Crippen LogP contribution in [0.2, 0.25) is 0 Å². The molecule has 1 aliphatic heterocycles. The lowest BCUT2D eigenvalue weighted by atomic mass is 10.2. The van der Waals surface area contributed by atoms with Crippen LogP contribution in [0, 0.1) is 0 Å². The van der Waals surface area contributed by atoms with E-state index in [-0.39, 0.29) is 9.36 Å². The molecule has 6 nitrogen and oxygen atoms in total. The van der Waals surface area contributed by atoms with Crippen LogP contribution in [-0.4, -0.2) is 24.0 Å². The van der Waals surface area contributed by atoms with Crippen LogP contribution in [0.1, 0.15) is 5.56 Å². The Hall–Kier alpha value is -1.86. The minimum Gasteiger partial charge on any atom is -0.364 e. The van der Waals surface area contributed by atoms with Gasteiger partial charge in [0.1, 0.15) is 5.70 Å². The summed E-state index contributed by atoms with van der Waals surface area (Å²) in [6.07, 6.45) is 1.22. The molecule has 1 amide bonds. The maximum atomic E-state index is 11.7. The Morgan fingerprint density at radius 3 is 2.56 bits per heavy atom. The van der Waals surface area contributed by atoms with Crippen molar-refractivity contribution in [1.29, 1.82) is 0 Å². The summed E-state index contributed by atoms with van der Waals surface area (Å²) in [5.74, 6) is -1.01. The first-order chi connectivity index (χ1) is 7.44. The number of hydrogen-bond donors (Lipinski definition) is 2. The van der Waals surface area contributed by atoms with Crippen LogP contribution < -0.4 is 5.73 Å². The van der Waals surface area contributed by atoms with Gasteiger partial charge in [0.15, 0.2) is 0 Å². The zero-order valence-electron chi connectivity index (χ0n) is 7.99. The van der Waals surface area contributed by atoms with E-state index in [1.165, 1.54) is 24.3 Å². The highest BCUT2D eigenvalue weighted by Crippen LogP contribution is 2.29. The van der Waals surface area contributed by atoms with Crippen molar-refractivity contribution in [3.63, 3.8) is 0 Å². The number of sulfonamides is 1. The topological polar surface area (TPSA) is 101 Å². The van der Waals surface area contributed by atoms with Gasteiger partial charge in [-0.2, -0.15) is 8.42 Å². The number of hydroxylamine groups is 1. The minimum atomic E-state index is -4.10. The van der Waals surface area contributed by atoms with Crippen molar-refractivity contribution in [3.05, 3.63) is 35.5 Å². The zero-order chi connectivity index (χ0) is 11.9. The van der Waals surface area contributed by atoms with Crippen LogP contribution in [0.4, 0.5) is 0 Å². The van der Waals surface area contributed by atoms with Gasteiger partial charge in [0.25, 0.3) is 15.9 Å². The summed E-state index contributed by atoms with van der Waals surface area (Å²) in [4.78, 5) is 10.9. The Balaban J connectivity index is 2.77. The van der Waals surface area contributed by atoms with Gasteiger partial charge < -0.3 is 5.73 Å². The Bertz CT molecular complexity index is 591. The van der Waals surface area contributed by atoms with Gasteiger partial charge in [-0.25, -0.2) is 0 Å². The molecule has 3 N–H and O–H groups in total. The van der Waals surface area contributed by atoms with Gasteiger partial charge in [-0.3, -0.25) is 10.0 Å². The summed E-state index contributed by atoms with van der Waals surface area (Å²) in [6, 6.07) is 5.99. The SMILES string of the molecule is NC(=O)C1=Cc2ccccc2S(=O)(=O)N1O. The second kappa shape index (κ2) is 3.32. The Morgan fingerprint density at radius 1 is 1.31 bits per heavy atom. The van der Waals surface area contributed by atoms with E-state index in [9.17, 15) is 18.4 Å². The molecule has 2 rings (SSSR count). The lowest BCUT2D eigenvalue weighted by molar-refractivity contribution is -0.118. The minimum absolute atomic E-state index is 0.0671. The predicted molar refractivity (Wildman–Crippen MR) is 54.4 cm³/mol. The number of rotatable bonds is 1. The summed E-state index contributed by atoms with van der Waals surface area (Å²) in [5.41, 5.74) is 4.81. The van der Waals surface area contributed by atoms with E-state index >= 15 is 0 Å². The molecule has 0 saturated heterocycles. The van der Waals surface area contributed by atoms with Crippen molar-refractivity contribution >= 4 is 22.0 Å². The van der Waals surface area contributed by atoms with Crippen LogP contribution in [0.3, 0.4) is 0 Å². The normalized spacial score (nSPS) is 17.6. The third-order valence-corrected chi connectivity index (χ3v) is 3.75. The predicted octanol–water partition coefficient (Wildman–Crippen LogP) is -0.0937. The number of fused-ring (bicyclic) bond motifs is 1. The number of amides is 1. The van der Waals surface area contributed by atoms with Crippen LogP contribution in [0.5, 0.6) is 0 Å². The average Bonchev–Trinajstić information content (AvgIpc) is 2.23. The summed E-state index contributed by atoms with van der Waals surface area (Å²) < 4.78 is 23.4. The van der Waals surface area contributed by atoms with Crippen molar-refractivity contribution in [2.75, 3.05) is 0 Å². The lowest BCUT2D eigenvalue weighted by Crippen LogP contribution is -2.36. The largest absolute Gasteiger partial charge is 0.364 e. The molecule has 0 bridgehead atoms. The highest BCUT2D eigenvalue weighted by atomic mass is 32.2. The molecule has 1 aromatic rings. The quantitative estimate of drug-likeness (QED) is 0.716. The smallest absolute Gasteiger partial charge is 0.287 e. The van der Waals surface area contributed by atoms with E-state index in [0.29, 0.717) is 5.56 Å². The number of hydrogen-bond acceptors (Lipinski definition) is 4. The van der Waals surface area contributed by atoms with Crippen molar-refractivity contribution in [2.24, 2.45) is 5.73 Å². The van der Waals surface area contributed by atoms with Gasteiger partial charge in [-0.15, -0.1) is 4.47 Å². The summed E-state index contributed by atoms with van der Waals surface area (Å²) in [7, 11) is -4.10. The van der Waals surface area contributed by atoms with Crippen LogP contribution in [-0.2, 0) is 14.8 Å². The maximum Gasteiger partial charge on any atom is 0.287 e. The molecule has 0 unspecified atom stereocenters. The fourth-order valence-electron chi connectivity index (χ4n) is 1.43. The fourth-order valence-corrected chi connectivity index (χ4v) is 2.69. The summed E-state index contributed by atoms with van der Waals surface area (Å²) in [6.45, 7) is 0. The highest BCUT2D eigenvalue weighted by Gasteiger charge is 2.33. The van der Waals surface area contributed by atoms with E-state index in [1.54, 1.807) is 6.07 Å². The number of benzene rings is 1.